The van der Waals surface area contributed by atoms with E-state index in [4.69, 9.17) is 4.42 Å². The highest BCUT2D eigenvalue weighted by molar-refractivity contribution is 5.77. The molecule has 2 N–H and O–H groups in total. The Labute approximate surface area is 87.9 Å². The van der Waals surface area contributed by atoms with E-state index in [0.29, 0.717) is 29.4 Å². The molecule has 0 spiro atoms. The van der Waals surface area contributed by atoms with Gasteiger partial charge in [-0.25, -0.2) is 9.59 Å². The summed E-state index contributed by atoms with van der Waals surface area (Å²) in [6.07, 6.45) is 2.14. The van der Waals surface area contributed by atoms with Crippen molar-refractivity contribution in [1.82, 2.24) is 9.97 Å². The van der Waals surface area contributed by atoms with Crippen molar-refractivity contribution in [3.63, 3.8) is 0 Å². The number of hydrogen-bond donors (Lipinski definition) is 2. The van der Waals surface area contributed by atoms with Crippen molar-refractivity contribution in [1.29, 1.82) is 0 Å². The minimum Gasteiger partial charge on any atom is -0.405 e. The number of H-pyrrole nitrogens is 2. The SMILES string of the molecule is O=c1[nH]c(=O)c2c3c(c(=O)oc2[nH]1)CCC3. The molecule has 1 aliphatic carbocycles. The Balaban J connectivity index is 2.64. The first kappa shape index (κ1) is 9.14. The number of fused-ring (bicyclic) bond motifs is 3. The van der Waals surface area contributed by atoms with Gasteiger partial charge < -0.3 is 4.42 Å². The summed E-state index contributed by atoms with van der Waals surface area (Å²) < 4.78 is 4.94. The molecule has 0 amide bonds. The van der Waals surface area contributed by atoms with Crippen LogP contribution in [0.2, 0.25) is 0 Å². The topological polar surface area (TPSA) is 95.9 Å². The van der Waals surface area contributed by atoms with Crippen LogP contribution in [-0.2, 0) is 12.8 Å². The first-order valence-corrected chi connectivity index (χ1v) is 4.98. The summed E-state index contributed by atoms with van der Waals surface area (Å²) >= 11 is 0. The molecule has 0 atom stereocenters. The lowest BCUT2D eigenvalue weighted by molar-refractivity contribution is 0.538. The molecule has 16 heavy (non-hydrogen) atoms. The van der Waals surface area contributed by atoms with Crippen molar-refractivity contribution in [2.24, 2.45) is 0 Å². The smallest absolute Gasteiger partial charge is 0.340 e. The molecule has 0 aromatic carbocycles. The van der Waals surface area contributed by atoms with E-state index >= 15 is 0 Å². The average Bonchev–Trinajstić information content (AvgIpc) is 2.65. The van der Waals surface area contributed by atoms with E-state index in [9.17, 15) is 14.4 Å². The summed E-state index contributed by atoms with van der Waals surface area (Å²) in [5.74, 6) is 0. The lowest BCUT2D eigenvalue weighted by Gasteiger charge is -2.00. The molecule has 0 aliphatic heterocycles. The second-order valence-corrected chi connectivity index (χ2v) is 3.81. The van der Waals surface area contributed by atoms with Crippen LogP contribution in [0.5, 0.6) is 0 Å². The second-order valence-electron chi connectivity index (χ2n) is 3.81. The maximum absolute atomic E-state index is 11.6. The molecule has 0 radical (unpaired) electrons. The standard InChI is InChI=1S/C10H8N2O4/c13-7-6-4-2-1-3-5(4)9(14)16-8(6)12-10(15)11-7/h1-3H2,(H2,11,12,13,15). The average molecular weight is 220 g/mol. The van der Waals surface area contributed by atoms with Gasteiger partial charge in [-0.05, 0) is 24.8 Å². The molecule has 2 heterocycles. The van der Waals surface area contributed by atoms with E-state index < -0.39 is 16.9 Å². The van der Waals surface area contributed by atoms with E-state index in [-0.39, 0.29) is 5.71 Å². The van der Waals surface area contributed by atoms with Crippen LogP contribution < -0.4 is 16.9 Å². The van der Waals surface area contributed by atoms with Crippen LogP contribution in [0.15, 0.2) is 18.8 Å². The van der Waals surface area contributed by atoms with Gasteiger partial charge in [-0.15, -0.1) is 0 Å². The van der Waals surface area contributed by atoms with Crippen molar-refractivity contribution in [2.45, 2.75) is 19.3 Å². The molecule has 82 valence electrons. The first-order chi connectivity index (χ1) is 7.66. The summed E-state index contributed by atoms with van der Waals surface area (Å²) in [4.78, 5) is 38.7. The predicted molar refractivity (Wildman–Crippen MR) is 55.8 cm³/mol. The number of rotatable bonds is 0. The number of nitrogens with one attached hydrogen (secondary N) is 2. The van der Waals surface area contributed by atoms with Crippen LogP contribution in [0.25, 0.3) is 11.1 Å². The minimum atomic E-state index is -0.668. The van der Waals surface area contributed by atoms with Crippen molar-refractivity contribution in [3.05, 3.63) is 42.4 Å². The van der Waals surface area contributed by atoms with E-state index in [2.05, 4.69) is 9.97 Å². The Bertz CT molecular complexity index is 750. The fourth-order valence-corrected chi connectivity index (χ4v) is 2.22. The van der Waals surface area contributed by atoms with Gasteiger partial charge in [-0.1, -0.05) is 0 Å². The third-order valence-electron chi connectivity index (χ3n) is 2.87. The van der Waals surface area contributed by atoms with Gasteiger partial charge in [-0.2, -0.15) is 0 Å². The Kier molecular flexibility index (Phi) is 1.68. The fraction of sp³-hybridized carbons (Fsp3) is 0.300. The van der Waals surface area contributed by atoms with Gasteiger partial charge in [0.1, 0.15) is 5.39 Å². The molecule has 0 fully saturated rings. The monoisotopic (exact) mass is 220 g/mol. The molecule has 1 aliphatic rings. The molecule has 0 bridgehead atoms. The third kappa shape index (κ3) is 1.09. The zero-order chi connectivity index (χ0) is 11.3. The van der Waals surface area contributed by atoms with Crippen LogP contribution in [0.3, 0.4) is 0 Å². The van der Waals surface area contributed by atoms with Crippen LogP contribution in [-0.4, -0.2) is 9.97 Å². The minimum absolute atomic E-state index is 0.0283. The molecular formula is C10H8N2O4. The number of aromatic nitrogens is 2. The van der Waals surface area contributed by atoms with E-state index in [1.54, 1.807) is 0 Å². The Morgan fingerprint density at radius 3 is 2.56 bits per heavy atom. The number of aryl methyl sites for hydroxylation is 1. The summed E-state index contributed by atoms with van der Waals surface area (Å²) in [6.45, 7) is 0. The van der Waals surface area contributed by atoms with Gasteiger partial charge >= 0.3 is 11.3 Å². The normalized spacial score (nSPS) is 14.2. The van der Waals surface area contributed by atoms with Crippen molar-refractivity contribution >= 4 is 11.1 Å². The molecule has 0 saturated carbocycles. The summed E-state index contributed by atoms with van der Waals surface area (Å²) in [5, 5.41) is 0.298. The Morgan fingerprint density at radius 1 is 1.00 bits per heavy atom. The quantitative estimate of drug-likeness (QED) is 0.634. The van der Waals surface area contributed by atoms with Gasteiger partial charge in [0.15, 0.2) is 0 Å². The van der Waals surface area contributed by atoms with Gasteiger partial charge in [0.05, 0.1) is 0 Å². The van der Waals surface area contributed by atoms with Crippen LogP contribution in [0, 0.1) is 0 Å². The molecule has 3 rings (SSSR count). The highest BCUT2D eigenvalue weighted by atomic mass is 16.4. The van der Waals surface area contributed by atoms with Crippen LogP contribution in [0.4, 0.5) is 0 Å². The lowest BCUT2D eigenvalue weighted by atomic mass is 10.1. The van der Waals surface area contributed by atoms with Crippen LogP contribution >= 0.6 is 0 Å². The predicted octanol–water partition coefficient (Wildman–Crippen LogP) is -0.342. The number of aromatic amines is 2. The number of hydrogen-bond acceptors (Lipinski definition) is 4. The van der Waals surface area contributed by atoms with Crippen LogP contribution in [0.1, 0.15) is 17.5 Å². The molecular weight excluding hydrogens is 212 g/mol. The van der Waals surface area contributed by atoms with Crippen molar-refractivity contribution in [2.75, 3.05) is 0 Å². The molecule has 6 heteroatoms. The first-order valence-electron chi connectivity index (χ1n) is 4.98. The Morgan fingerprint density at radius 2 is 1.75 bits per heavy atom. The van der Waals surface area contributed by atoms with Crippen molar-refractivity contribution < 1.29 is 4.42 Å². The molecule has 6 nitrogen and oxygen atoms in total. The second kappa shape index (κ2) is 2.94. The van der Waals surface area contributed by atoms with Crippen molar-refractivity contribution in [3.8, 4) is 0 Å². The zero-order valence-corrected chi connectivity index (χ0v) is 8.25. The molecule has 0 saturated heterocycles. The summed E-state index contributed by atoms with van der Waals surface area (Å²) in [5.41, 5.74) is -0.381. The van der Waals surface area contributed by atoms with Gasteiger partial charge in [-0.3, -0.25) is 14.8 Å². The van der Waals surface area contributed by atoms with E-state index in [0.717, 1.165) is 6.42 Å². The van der Waals surface area contributed by atoms with Gasteiger partial charge in [0.2, 0.25) is 5.71 Å². The lowest BCUT2D eigenvalue weighted by Crippen LogP contribution is -2.24. The fourth-order valence-electron chi connectivity index (χ4n) is 2.22. The highest BCUT2D eigenvalue weighted by Crippen LogP contribution is 2.23. The molecule has 2 aromatic heterocycles. The largest absolute Gasteiger partial charge is 0.405 e. The van der Waals surface area contributed by atoms with E-state index in [1.807, 2.05) is 0 Å². The van der Waals surface area contributed by atoms with Gasteiger partial charge in [0.25, 0.3) is 5.56 Å². The summed E-state index contributed by atoms with van der Waals surface area (Å²) in [6, 6.07) is 0. The van der Waals surface area contributed by atoms with Gasteiger partial charge in [0, 0.05) is 5.56 Å². The maximum atomic E-state index is 11.6. The maximum Gasteiger partial charge on any atom is 0.340 e. The molecule has 0 unspecified atom stereocenters. The zero-order valence-electron chi connectivity index (χ0n) is 8.25. The summed E-state index contributed by atoms with van der Waals surface area (Å²) in [7, 11) is 0. The Hall–Kier alpha value is -2.11. The molecule has 2 aromatic rings. The van der Waals surface area contributed by atoms with E-state index in [1.165, 1.54) is 0 Å². The third-order valence-corrected chi connectivity index (χ3v) is 2.87. The highest BCUT2D eigenvalue weighted by Gasteiger charge is 2.21.